The number of anilines is 1. The molecule has 0 bridgehead atoms. The Kier molecular flexibility index (Phi) is 7.42. The fraction of sp³-hybridized carbons (Fsp3) is 0.385. The molecule has 0 radical (unpaired) electrons. The first kappa shape index (κ1) is 15.9. The number of amides is 1. The van der Waals surface area contributed by atoms with Gasteiger partial charge in [-0.15, -0.1) is 0 Å². The molecule has 0 saturated heterocycles. The number of hydrogen-bond acceptors (Lipinski definition) is 4. The van der Waals surface area contributed by atoms with E-state index in [0.29, 0.717) is 13.2 Å². The molecule has 0 aliphatic heterocycles. The van der Waals surface area contributed by atoms with Crippen molar-refractivity contribution in [2.75, 3.05) is 25.0 Å². The molecule has 2 N–H and O–H groups in total. The second kappa shape index (κ2) is 8.87. The lowest BCUT2D eigenvalue weighted by Crippen LogP contribution is -2.29. The van der Waals surface area contributed by atoms with Gasteiger partial charge in [0.25, 0.3) is 0 Å². The highest BCUT2D eigenvalue weighted by Crippen LogP contribution is 2.11. The third-order valence-electron chi connectivity index (χ3n) is 2.21. The van der Waals surface area contributed by atoms with Crippen LogP contribution in [0.3, 0.4) is 0 Å². The zero-order chi connectivity index (χ0) is 14.1. The predicted octanol–water partition coefficient (Wildman–Crippen LogP) is 1.77. The summed E-state index contributed by atoms with van der Waals surface area (Å²) >= 11 is 2.18. The number of ether oxygens (including phenoxy) is 1. The van der Waals surface area contributed by atoms with Crippen LogP contribution < -0.4 is 10.6 Å². The molecular formula is C13H17IN2O3. The van der Waals surface area contributed by atoms with Gasteiger partial charge in [-0.05, 0) is 47.7 Å². The van der Waals surface area contributed by atoms with Gasteiger partial charge in [-0.2, -0.15) is 0 Å². The Bertz CT molecular complexity index is 438. The van der Waals surface area contributed by atoms with Gasteiger partial charge >= 0.3 is 5.97 Å². The maximum Gasteiger partial charge on any atom is 0.307 e. The van der Waals surface area contributed by atoms with Gasteiger partial charge in [-0.1, -0.05) is 6.07 Å². The molecule has 0 spiro atoms. The molecule has 104 valence electrons. The van der Waals surface area contributed by atoms with Crippen molar-refractivity contribution in [1.29, 1.82) is 0 Å². The van der Waals surface area contributed by atoms with Crippen molar-refractivity contribution in [3.63, 3.8) is 0 Å². The van der Waals surface area contributed by atoms with E-state index < -0.39 is 0 Å². The van der Waals surface area contributed by atoms with Crippen molar-refractivity contribution in [3.05, 3.63) is 27.8 Å². The molecule has 0 fully saturated rings. The van der Waals surface area contributed by atoms with Gasteiger partial charge in [0, 0.05) is 15.8 Å². The van der Waals surface area contributed by atoms with Crippen LogP contribution in [0.2, 0.25) is 0 Å². The van der Waals surface area contributed by atoms with Gasteiger partial charge < -0.3 is 15.4 Å². The molecule has 0 heterocycles. The van der Waals surface area contributed by atoms with E-state index in [9.17, 15) is 9.59 Å². The molecular weight excluding hydrogens is 359 g/mol. The van der Waals surface area contributed by atoms with Crippen LogP contribution in [0, 0.1) is 3.57 Å². The first-order valence-corrected chi connectivity index (χ1v) is 7.11. The lowest BCUT2D eigenvalue weighted by Gasteiger charge is -2.07. The van der Waals surface area contributed by atoms with E-state index in [1.807, 2.05) is 24.3 Å². The predicted molar refractivity (Wildman–Crippen MR) is 81.9 cm³/mol. The molecule has 1 aromatic rings. The van der Waals surface area contributed by atoms with Crippen molar-refractivity contribution in [2.24, 2.45) is 0 Å². The van der Waals surface area contributed by atoms with Crippen molar-refractivity contribution < 1.29 is 14.3 Å². The molecule has 1 rings (SSSR count). The number of carbonyl (C=O) groups excluding carboxylic acids is 2. The van der Waals surface area contributed by atoms with E-state index in [-0.39, 0.29) is 24.8 Å². The molecule has 19 heavy (non-hydrogen) atoms. The van der Waals surface area contributed by atoms with Gasteiger partial charge in [0.2, 0.25) is 5.91 Å². The Morgan fingerprint density at radius 2 is 2.16 bits per heavy atom. The van der Waals surface area contributed by atoms with Crippen LogP contribution in [0.5, 0.6) is 0 Å². The summed E-state index contributed by atoms with van der Waals surface area (Å²) in [5.41, 5.74) is 0.768. The molecule has 0 saturated carbocycles. The minimum atomic E-state index is -0.256. The Balaban J connectivity index is 2.20. The summed E-state index contributed by atoms with van der Waals surface area (Å²) in [7, 11) is 0. The highest BCUT2D eigenvalue weighted by atomic mass is 127. The third-order valence-corrected chi connectivity index (χ3v) is 2.88. The quantitative estimate of drug-likeness (QED) is 0.433. The molecule has 6 heteroatoms. The standard InChI is InChI=1S/C13H17IN2O3/c1-2-19-13(18)6-7-15-9-12(17)16-11-5-3-4-10(14)8-11/h3-5,8,15H,2,6-7,9H2,1H3,(H,16,17). The van der Waals surface area contributed by atoms with Crippen LogP contribution >= 0.6 is 22.6 Å². The zero-order valence-corrected chi connectivity index (χ0v) is 12.9. The zero-order valence-electron chi connectivity index (χ0n) is 10.7. The topological polar surface area (TPSA) is 67.4 Å². The first-order chi connectivity index (χ1) is 9.11. The Morgan fingerprint density at radius 1 is 1.37 bits per heavy atom. The average molecular weight is 376 g/mol. The second-order valence-electron chi connectivity index (χ2n) is 3.79. The van der Waals surface area contributed by atoms with Gasteiger partial charge in [-0.25, -0.2) is 0 Å². The molecule has 0 aromatic heterocycles. The van der Waals surface area contributed by atoms with Gasteiger partial charge in [0.1, 0.15) is 0 Å². The lowest BCUT2D eigenvalue weighted by molar-refractivity contribution is -0.143. The van der Waals surface area contributed by atoms with E-state index in [2.05, 4.69) is 33.2 Å². The molecule has 1 aromatic carbocycles. The summed E-state index contributed by atoms with van der Waals surface area (Å²) in [6.45, 7) is 2.75. The minimum absolute atomic E-state index is 0.133. The lowest BCUT2D eigenvalue weighted by atomic mass is 10.3. The molecule has 0 aliphatic carbocycles. The van der Waals surface area contributed by atoms with Crippen LogP contribution in [0.1, 0.15) is 13.3 Å². The Morgan fingerprint density at radius 3 is 2.84 bits per heavy atom. The molecule has 0 unspecified atom stereocenters. The smallest absolute Gasteiger partial charge is 0.307 e. The first-order valence-electron chi connectivity index (χ1n) is 6.03. The van der Waals surface area contributed by atoms with Gasteiger partial charge in [0.05, 0.1) is 19.6 Å². The van der Waals surface area contributed by atoms with Gasteiger partial charge in [-0.3, -0.25) is 9.59 Å². The number of rotatable bonds is 7. The summed E-state index contributed by atoms with van der Waals surface area (Å²) in [4.78, 5) is 22.7. The van der Waals surface area contributed by atoms with E-state index in [1.165, 1.54) is 0 Å². The monoisotopic (exact) mass is 376 g/mol. The van der Waals surface area contributed by atoms with Gasteiger partial charge in [0.15, 0.2) is 0 Å². The summed E-state index contributed by atoms with van der Waals surface area (Å²) in [6.07, 6.45) is 0.268. The number of benzene rings is 1. The molecule has 1 amide bonds. The molecule has 0 aliphatic rings. The highest BCUT2D eigenvalue weighted by molar-refractivity contribution is 14.1. The fourth-order valence-corrected chi connectivity index (χ4v) is 1.94. The van der Waals surface area contributed by atoms with Crippen LogP contribution in [0.4, 0.5) is 5.69 Å². The number of halogens is 1. The van der Waals surface area contributed by atoms with Crippen molar-refractivity contribution in [2.45, 2.75) is 13.3 Å². The fourth-order valence-electron chi connectivity index (χ4n) is 1.40. The summed E-state index contributed by atoms with van der Waals surface area (Å²) < 4.78 is 5.84. The van der Waals surface area contributed by atoms with Crippen LogP contribution in [-0.4, -0.2) is 31.6 Å². The number of esters is 1. The average Bonchev–Trinajstić information content (AvgIpc) is 2.35. The molecule has 0 atom stereocenters. The summed E-state index contributed by atoms with van der Waals surface area (Å²) in [5, 5.41) is 5.67. The van der Waals surface area contributed by atoms with Crippen molar-refractivity contribution in [3.8, 4) is 0 Å². The Hall–Kier alpha value is -1.15. The largest absolute Gasteiger partial charge is 0.466 e. The van der Waals surface area contributed by atoms with Crippen molar-refractivity contribution in [1.82, 2.24) is 5.32 Å². The number of nitrogens with one attached hydrogen (secondary N) is 2. The van der Waals surface area contributed by atoms with E-state index in [4.69, 9.17) is 4.74 Å². The summed E-state index contributed by atoms with van der Waals surface area (Å²) in [6, 6.07) is 7.55. The maximum atomic E-state index is 11.6. The third kappa shape index (κ3) is 7.12. The van der Waals surface area contributed by atoms with Crippen LogP contribution in [0.25, 0.3) is 0 Å². The minimum Gasteiger partial charge on any atom is -0.466 e. The number of hydrogen-bond donors (Lipinski definition) is 2. The van der Waals surface area contributed by atoms with E-state index >= 15 is 0 Å². The molecule has 5 nitrogen and oxygen atoms in total. The summed E-state index contributed by atoms with van der Waals surface area (Å²) in [5.74, 6) is -0.390. The van der Waals surface area contributed by atoms with Crippen LogP contribution in [-0.2, 0) is 14.3 Å². The van der Waals surface area contributed by atoms with Crippen LogP contribution in [0.15, 0.2) is 24.3 Å². The second-order valence-corrected chi connectivity index (χ2v) is 5.04. The SMILES string of the molecule is CCOC(=O)CCNCC(=O)Nc1cccc(I)c1. The number of carbonyl (C=O) groups is 2. The normalized spacial score (nSPS) is 10.0. The highest BCUT2D eigenvalue weighted by Gasteiger charge is 2.04. The van der Waals surface area contributed by atoms with E-state index in [1.54, 1.807) is 6.92 Å². The maximum absolute atomic E-state index is 11.6. The van der Waals surface area contributed by atoms with E-state index in [0.717, 1.165) is 9.26 Å². The Labute approximate surface area is 126 Å². The van der Waals surface area contributed by atoms with Crippen molar-refractivity contribution >= 4 is 40.2 Å².